The van der Waals surface area contributed by atoms with E-state index in [0.717, 1.165) is 12.8 Å². The van der Waals surface area contributed by atoms with Gasteiger partial charge in [-0.3, -0.25) is 4.79 Å². The zero-order valence-electron chi connectivity index (χ0n) is 10.4. The van der Waals surface area contributed by atoms with Crippen molar-refractivity contribution in [3.63, 3.8) is 0 Å². The van der Waals surface area contributed by atoms with Crippen molar-refractivity contribution in [2.75, 3.05) is 13.7 Å². The molecule has 1 saturated carbocycles. The molecule has 0 radical (unpaired) electrons. The number of hydrogen-bond acceptors (Lipinski definition) is 3. The third-order valence-electron chi connectivity index (χ3n) is 3.02. The maximum atomic E-state index is 11.7. The van der Waals surface area contributed by atoms with E-state index in [1.54, 1.807) is 11.9 Å². The number of nitrogens with zero attached hydrogens (tertiary/aromatic N) is 1. The lowest BCUT2D eigenvalue weighted by molar-refractivity contribution is -0.132. The van der Waals surface area contributed by atoms with Gasteiger partial charge in [-0.2, -0.15) is 0 Å². The summed E-state index contributed by atoms with van der Waals surface area (Å²) < 4.78 is 5.32. The van der Waals surface area contributed by atoms with Gasteiger partial charge in [-0.25, -0.2) is 4.79 Å². The zero-order chi connectivity index (χ0) is 14.0. The Morgan fingerprint density at radius 2 is 2.16 bits per heavy atom. The molecular formula is C13H14ClNO4. The molecule has 0 bridgehead atoms. The summed E-state index contributed by atoms with van der Waals surface area (Å²) in [7, 11) is 1.75. The number of benzene rings is 1. The van der Waals surface area contributed by atoms with Crippen molar-refractivity contribution in [2.24, 2.45) is 0 Å². The molecule has 0 aromatic heterocycles. The number of aromatic carboxylic acids is 1. The second-order valence-corrected chi connectivity index (χ2v) is 4.88. The summed E-state index contributed by atoms with van der Waals surface area (Å²) >= 11 is 5.90. The predicted octanol–water partition coefficient (Wildman–Crippen LogP) is 2.04. The number of amides is 1. The lowest BCUT2D eigenvalue weighted by Crippen LogP contribution is -2.33. The molecule has 0 atom stereocenters. The van der Waals surface area contributed by atoms with Crippen LogP contribution in [0, 0.1) is 0 Å². The van der Waals surface area contributed by atoms with E-state index >= 15 is 0 Å². The van der Waals surface area contributed by atoms with E-state index in [-0.39, 0.29) is 23.1 Å². The Labute approximate surface area is 115 Å². The molecule has 102 valence electrons. The fourth-order valence-corrected chi connectivity index (χ4v) is 1.89. The van der Waals surface area contributed by atoms with Gasteiger partial charge in [0.05, 0.1) is 10.6 Å². The van der Waals surface area contributed by atoms with Crippen LogP contribution >= 0.6 is 11.6 Å². The Bertz CT molecular complexity index is 513. The molecule has 1 amide bonds. The van der Waals surface area contributed by atoms with Crippen LogP contribution in [-0.4, -0.2) is 41.6 Å². The van der Waals surface area contributed by atoms with E-state index in [4.69, 9.17) is 21.4 Å². The number of hydrogen-bond donors (Lipinski definition) is 1. The number of carbonyl (C=O) groups is 2. The van der Waals surface area contributed by atoms with Gasteiger partial charge in [0.1, 0.15) is 5.75 Å². The number of carboxylic acid groups (broad SMARTS) is 1. The molecule has 0 unspecified atom stereocenters. The second-order valence-electron chi connectivity index (χ2n) is 4.47. The number of halogens is 1. The monoisotopic (exact) mass is 283 g/mol. The molecule has 0 heterocycles. The van der Waals surface area contributed by atoms with Crippen LogP contribution in [0.15, 0.2) is 18.2 Å². The van der Waals surface area contributed by atoms with Crippen molar-refractivity contribution in [1.29, 1.82) is 0 Å². The van der Waals surface area contributed by atoms with Crippen LogP contribution in [0.2, 0.25) is 5.02 Å². The number of ether oxygens (including phenoxy) is 1. The first kappa shape index (κ1) is 13.7. The molecule has 19 heavy (non-hydrogen) atoms. The molecule has 0 saturated heterocycles. The van der Waals surface area contributed by atoms with Crippen LogP contribution in [0.5, 0.6) is 5.75 Å². The Morgan fingerprint density at radius 3 is 2.68 bits per heavy atom. The highest BCUT2D eigenvalue weighted by Crippen LogP contribution is 2.27. The van der Waals surface area contributed by atoms with Crippen LogP contribution in [0.4, 0.5) is 0 Å². The summed E-state index contributed by atoms with van der Waals surface area (Å²) in [4.78, 5) is 24.2. The minimum atomic E-state index is -1.06. The highest BCUT2D eigenvalue weighted by atomic mass is 35.5. The van der Waals surface area contributed by atoms with Gasteiger partial charge >= 0.3 is 5.97 Å². The van der Waals surface area contributed by atoms with Crippen molar-refractivity contribution in [3.8, 4) is 5.75 Å². The third-order valence-corrected chi connectivity index (χ3v) is 3.31. The molecule has 6 heteroatoms. The van der Waals surface area contributed by atoms with Gasteiger partial charge in [-0.05, 0) is 31.0 Å². The summed E-state index contributed by atoms with van der Waals surface area (Å²) in [5, 5.41) is 8.98. The van der Waals surface area contributed by atoms with Crippen LogP contribution in [0.25, 0.3) is 0 Å². The largest absolute Gasteiger partial charge is 0.482 e. The zero-order valence-corrected chi connectivity index (χ0v) is 11.2. The summed E-state index contributed by atoms with van der Waals surface area (Å²) in [5.41, 5.74) is 0.0822. The van der Waals surface area contributed by atoms with Gasteiger partial charge in [0, 0.05) is 13.1 Å². The SMILES string of the molecule is CN(C(=O)COc1ccc(C(=O)O)cc1Cl)C1CC1. The van der Waals surface area contributed by atoms with Crippen molar-refractivity contribution in [2.45, 2.75) is 18.9 Å². The minimum absolute atomic E-state index is 0.0822. The summed E-state index contributed by atoms with van der Waals surface area (Å²) in [6, 6.07) is 4.48. The molecule has 1 aromatic carbocycles. The lowest BCUT2D eigenvalue weighted by Gasteiger charge is -2.16. The quantitative estimate of drug-likeness (QED) is 0.898. The van der Waals surface area contributed by atoms with Crippen molar-refractivity contribution in [1.82, 2.24) is 4.90 Å². The first-order valence-electron chi connectivity index (χ1n) is 5.90. The normalized spacial score (nSPS) is 14.0. The summed E-state index contributed by atoms with van der Waals surface area (Å²) in [6.45, 7) is -0.0981. The van der Waals surface area contributed by atoms with Gasteiger partial charge in [-0.1, -0.05) is 11.6 Å². The van der Waals surface area contributed by atoms with Crippen molar-refractivity contribution < 1.29 is 19.4 Å². The Hall–Kier alpha value is -1.75. The van der Waals surface area contributed by atoms with Gasteiger partial charge in [0.25, 0.3) is 5.91 Å². The average molecular weight is 284 g/mol. The average Bonchev–Trinajstić information content (AvgIpc) is 3.20. The topological polar surface area (TPSA) is 66.8 Å². The van der Waals surface area contributed by atoms with Crippen molar-refractivity contribution in [3.05, 3.63) is 28.8 Å². The Morgan fingerprint density at radius 1 is 1.47 bits per heavy atom. The van der Waals surface area contributed by atoms with Gasteiger partial charge in [0.2, 0.25) is 0 Å². The van der Waals surface area contributed by atoms with E-state index in [2.05, 4.69) is 0 Å². The predicted molar refractivity (Wildman–Crippen MR) is 69.7 cm³/mol. The maximum absolute atomic E-state index is 11.7. The molecule has 0 aliphatic heterocycles. The number of likely N-dealkylation sites (N-methyl/N-ethyl adjacent to an activating group) is 1. The first-order valence-corrected chi connectivity index (χ1v) is 6.28. The summed E-state index contributed by atoms with van der Waals surface area (Å²) in [5.74, 6) is -0.858. The highest BCUT2D eigenvalue weighted by Gasteiger charge is 2.29. The van der Waals surface area contributed by atoms with E-state index in [9.17, 15) is 9.59 Å². The molecule has 1 N–H and O–H groups in total. The van der Waals surface area contributed by atoms with E-state index in [1.807, 2.05) is 0 Å². The molecule has 2 rings (SSSR count). The molecule has 1 aliphatic carbocycles. The highest BCUT2D eigenvalue weighted by molar-refractivity contribution is 6.32. The standard InChI is InChI=1S/C13H14ClNO4/c1-15(9-3-4-9)12(16)7-19-11-5-2-8(13(17)18)6-10(11)14/h2,5-6,9H,3-4,7H2,1H3,(H,17,18). The number of rotatable bonds is 5. The molecule has 1 fully saturated rings. The van der Waals surface area contributed by atoms with Gasteiger partial charge in [-0.15, -0.1) is 0 Å². The molecule has 1 aliphatic rings. The summed E-state index contributed by atoms with van der Waals surface area (Å²) in [6.07, 6.45) is 2.08. The number of carbonyl (C=O) groups excluding carboxylic acids is 1. The number of carboxylic acids is 1. The van der Waals surface area contributed by atoms with E-state index < -0.39 is 5.97 Å². The maximum Gasteiger partial charge on any atom is 0.335 e. The van der Waals surface area contributed by atoms with Crippen LogP contribution in [0.1, 0.15) is 23.2 Å². The lowest BCUT2D eigenvalue weighted by atomic mass is 10.2. The third kappa shape index (κ3) is 3.38. The smallest absolute Gasteiger partial charge is 0.335 e. The fourth-order valence-electron chi connectivity index (χ4n) is 1.66. The van der Waals surface area contributed by atoms with Gasteiger partial charge in [0.15, 0.2) is 6.61 Å². The van der Waals surface area contributed by atoms with Gasteiger partial charge < -0.3 is 14.7 Å². The first-order chi connectivity index (χ1) is 8.99. The second kappa shape index (κ2) is 5.48. The van der Waals surface area contributed by atoms with Crippen LogP contribution < -0.4 is 4.74 Å². The van der Waals surface area contributed by atoms with Crippen LogP contribution in [0.3, 0.4) is 0 Å². The molecular weight excluding hydrogens is 270 g/mol. The fraction of sp³-hybridized carbons (Fsp3) is 0.385. The van der Waals surface area contributed by atoms with E-state index in [1.165, 1.54) is 18.2 Å². The molecule has 0 spiro atoms. The minimum Gasteiger partial charge on any atom is -0.482 e. The van der Waals surface area contributed by atoms with Crippen molar-refractivity contribution >= 4 is 23.5 Å². The molecule has 1 aromatic rings. The molecule has 5 nitrogen and oxygen atoms in total. The Kier molecular flexibility index (Phi) is 3.95. The Balaban J connectivity index is 1.95. The van der Waals surface area contributed by atoms with Crippen LogP contribution in [-0.2, 0) is 4.79 Å². The van der Waals surface area contributed by atoms with E-state index in [0.29, 0.717) is 11.8 Å².